The summed E-state index contributed by atoms with van der Waals surface area (Å²) in [6.07, 6.45) is 1.61. The van der Waals surface area contributed by atoms with Crippen molar-refractivity contribution in [2.24, 2.45) is 11.8 Å². The zero-order valence-electron chi connectivity index (χ0n) is 21.0. The highest BCUT2D eigenvalue weighted by molar-refractivity contribution is 6.04. The lowest BCUT2D eigenvalue weighted by Crippen LogP contribution is -2.44. The van der Waals surface area contributed by atoms with E-state index in [1.807, 2.05) is 42.1 Å². The summed E-state index contributed by atoms with van der Waals surface area (Å²) in [7, 11) is 3.92. The molecule has 2 aromatic carbocycles. The lowest BCUT2D eigenvalue weighted by Gasteiger charge is -2.35. The van der Waals surface area contributed by atoms with Gasteiger partial charge in [-0.05, 0) is 67.6 Å². The van der Waals surface area contributed by atoms with Crippen molar-refractivity contribution < 1.29 is 14.0 Å². The molecule has 0 aliphatic rings. The summed E-state index contributed by atoms with van der Waals surface area (Å²) < 4.78 is 13.5. The largest absolute Gasteiger partial charge is 0.377 e. The Kier molecular flexibility index (Phi) is 9.44. The van der Waals surface area contributed by atoms with Gasteiger partial charge >= 0.3 is 0 Å². The van der Waals surface area contributed by atoms with Gasteiger partial charge in [0, 0.05) is 49.5 Å². The van der Waals surface area contributed by atoms with Crippen LogP contribution in [0.3, 0.4) is 0 Å². The first-order chi connectivity index (χ1) is 15.6. The van der Waals surface area contributed by atoms with E-state index in [1.165, 1.54) is 18.2 Å². The second kappa shape index (κ2) is 11.8. The van der Waals surface area contributed by atoms with E-state index in [0.29, 0.717) is 18.2 Å². The Bertz CT molecular complexity index is 954. The number of carbonyl (C=O) groups is 2. The highest BCUT2D eigenvalue weighted by Gasteiger charge is 2.28. The van der Waals surface area contributed by atoms with Crippen molar-refractivity contribution in [3.8, 4) is 0 Å². The molecule has 1 N–H and O–H groups in total. The van der Waals surface area contributed by atoms with Gasteiger partial charge in [0.1, 0.15) is 5.82 Å². The molecular formula is C27H38FN3O2. The second-order valence-electron chi connectivity index (χ2n) is 9.17. The first-order valence-electron chi connectivity index (χ1n) is 11.8. The van der Waals surface area contributed by atoms with Crippen LogP contribution in [-0.2, 0) is 11.3 Å². The molecule has 33 heavy (non-hydrogen) atoms. The quantitative estimate of drug-likeness (QED) is 0.481. The number of nitrogens with one attached hydrogen (secondary N) is 1. The Hall–Kier alpha value is -2.89. The Balaban J connectivity index is 2.40. The molecule has 5 nitrogen and oxygen atoms in total. The number of rotatable bonds is 10. The molecule has 2 amide bonds. The summed E-state index contributed by atoms with van der Waals surface area (Å²) in [6.45, 7) is 10.9. The number of hydrogen-bond donors (Lipinski definition) is 1. The smallest absolute Gasteiger partial charge is 0.255 e. The summed E-state index contributed by atoms with van der Waals surface area (Å²) >= 11 is 0. The van der Waals surface area contributed by atoms with E-state index in [-0.39, 0.29) is 29.3 Å². The number of hydrogen-bond acceptors (Lipinski definition) is 3. The van der Waals surface area contributed by atoms with Crippen LogP contribution in [0.1, 0.15) is 63.4 Å². The minimum atomic E-state index is -0.454. The molecule has 0 aliphatic carbocycles. The van der Waals surface area contributed by atoms with Gasteiger partial charge in [-0.25, -0.2) is 4.39 Å². The maximum atomic E-state index is 13.5. The summed E-state index contributed by atoms with van der Waals surface area (Å²) in [5.74, 6) is -0.366. The third kappa shape index (κ3) is 6.80. The lowest BCUT2D eigenvalue weighted by molar-refractivity contribution is -0.139. The number of benzene rings is 2. The van der Waals surface area contributed by atoms with Crippen molar-refractivity contribution in [1.82, 2.24) is 4.90 Å². The van der Waals surface area contributed by atoms with Crippen LogP contribution in [0, 0.1) is 17.7 Å². The Morgan fingerprint density at radius 3 is 2.21 bits per heavy atom. The molecule has 0 radical (unpaired) electrons. The van der Waals surface area contributed by atoms with Crippen molar-refractivity contribution in [2.75, 3.05) is 24.3 Å². The average Bonchev–Trinajstić information content (AvgIpc) is 2.77. The molecular weight excluding hydrogens is 417 g/mol. The molecule has 0 fully saturated rings. The van der Waals surface area contributed by atoms with Crippen molar-refractivity contribution in [1.29, 1.82) is 0 Å². The van der Waals surface area contributed by atoms with Crippen molar-refractivity contribution >= 4 is 23.2 Å². The van der Waals surface area contributed by atoms with Crippen molar-refractivity contribution in [2.45, 2.75) is 60.0 Å². The molecule has 2 rings (SSSR count). The maximum Gasteiger partial charge on any atom is 0.255 e. The van der Waals surface area contributed by atoms with Crippen molar-refractivity contribution in [3.05, 3.63) is 59.4 Å². The lowest BCUT2D eigenvalue weighted by atomic mass is 9.97. The van der Waals surface area contributed by atoms with Crippen LogP contribution >= 0.6 is 0 Å². The predicted molar refractivity (Wildman–Crippen MR) is 134 cm³/mol. The number of anilines is 2. The van der Waals surface area contributed by atoms with Crippen LogP contribution in [-0.4, -0.2) is 36.9 Å². The molecule has 2 aromatic rings. The summed E-state index contributed by atoms with van der Waals surface area (Å²) in [4.78, 5) is 30.0. The molecule has 0 bridgehead atoms. The van der Waals surface area contributed by atoms with Crippen LogP contribution in [0.2, 0.25) is 0 Å². The van der Waals surface area contributed by atoms with Gasteiger partial charge in [-0.3, -0.25) is 9.59 Å². The third-order valence-corrected chi connectivity index (χ3v) is 6.32. The summed E-state index contributed by atoms with van der Waals surface area (Å²) in [5, 5.41) is 2.86. The van der Waals surface area contributed by atoms with Crippen LogP contribution in [0.15, 0.2) is 42.5 Å². The topological polar surface area (TPSA) is 52.7 Å². The molecule has 0 saturated carbocycles. The van der Waals surface area contributed by atoms with Crippen LogP contribution in [0.5, 0.6) is 0 Å². The molecule has 180 valence electrons. The van der Waals surface area contributed by atoms with Crippen molar-refractivity contribution in [3.63, 3.8) is 0 Å². The van der Waals surface area contributed by atoms with Crippen LogP contribution in [0.4, 0.5) is 15.8 Å². The van der Waals surface area contributed by atoms with Crippen LogP contribution < -0.4 is 10.2 Å². The number of nitrogens with zero attached hydrogens (tertiary/aromatic N) is 2. The van der Waals surface area contributed by atoms with Gasteiger partial charge in [-0.2, -0.15) is 0 Å². The predicted octanol–water partition coefficient (Wildman–Crippen LogP) is 5.95. The first kappa shape index (κ1) is 26.4. The highest BCUT2D eigenvalue weighted by Crippen LogP contribution is 2.28. The first-order valence-corrected chi connectivity index (χ1v) is 11.8. The zero-order valence-corrected chi connectivity index (χ0v) is 21.0. The van der Waals surface area contributed by atoms with E-state index in [1.54, 1.807) is 6.07 Å². The maximum absolute atomic E-state index is 13.5. The van der Waals surface area contributed by atoms with Crippen LogP contribution in [0.25, 0.3) is 0 Å². The SMILES string of the molecule is CCC(CC)C(=O)N(Cc1cc(NC(=O)c2cccc(F)c2)ccc1N(C)C)[C@@H](C)C(C)C. The van der Waals surface area contributed by atoms with E-state index in [0.717, 1.165) is 24.1 Å². The highest BCUT2D eigenvalue weighted by atomic mass is 19.1. The standard InChI is InChI=1S/C27H38FN3O2/c1-8-20(9-2)27(33)31(19(5)18(3)4)17-22-16-24(13-14-25(22)30(6)7)29-26(32)21-11-10-12-23(28)15-21/h10-16,18-20H,8-9,17H2,1-7H3,(H,29,32)/t19-/m0/s1. The molecule has 0 aliphatic heterocycles. The molecule has 1 atom stereocenters. The molecule has 6 heteroatoms. The summed E-state index contributed by atoms with van der Waals surface area (Å²) in [6, 6.07) is 11.4. The Morgan fingerprint density at radius 2 is 1.67 bits per heavy atom. The number of carbonyl (C=O) groups excluding carboxylic acids is 2. The van der Waals surface area contributed by atoms with Gasteiger partial charge in [-0.15, -0.1) is 0 Å². The minimum absolute atomic E-state index is 0.00938. The molecule has 0 unspecified atom stereocenters. The van der Waals surface area contributed by atoms with E-state index in [9.17, 15) is 14.0 Å². The normalized spacial score (nSPS) is 12.1. The van der Waals surface area contributed by atoms with E-state index in [2.05, 4.69) is 39.9 Å². The van der Waals surface area contributed by atoms with Gasteiger partial charge in [0.25, 0.3) is 5.91 Å². The minimum Gasteiger partial charge on any atom is -0.377 e. The number of amides is 2. The van der Waals surface area contributed by atoms with E-state index in [4.69, 9.17) is 0 Å². The second-order valence-corrected chi connectivity index (χ2v) is 9.17. The Morgan fingerprint density at radius 1 is 1.00 bits per heavy atom. The monoisotopic (exact) mass is 455 g/mol. The molecule has 0 saturated heterocycles. The third-order valence-electron chi connectivity index (χ3n) is 6.32. The number of halogens is 1. The van der Waals surface area contributed by atoms with Gasteiger partial charge in [-0.1, -0.05) is 33.8 Å². The zero-order chi connectivity index (χ0) is 24.7. The average molecular weight is 456 g/mol. The summed E-state index contributed by atoms with van der Waals surface area (Å²) in [5.41, 5.74) is 2.80. The van der Waals surface area contributed by atoms with Gasteiger partial charge in [0.15, 0.2) is 0 Å². The van der Waals surface area contributed by atoms with Gasteiger partial charge in [0.05, 0.1) is 0 Å². The molecule has 0 spiro atoms. The molecule has 0 heterocycles. The van der Waals surface area contributed by atoms with Gasteiger partial charge < -0.3 is 15.1 Å². The fourth-order valence-electron chi connectivity index (χ4n) is 3.90. The molecule has 0 aromatic heterocycles. The van der Waals surface area contributed by atoms with Gasteiger partial charge in [0.2, 0.25) is 5.91 Å². The van der Waals surface area contributed by atoms with E-state index < -0.39 is 5.82 Å². The fraction of sp³-hybridized carbons (Fsp3) is 0.481. The van der Waals surface area contributed by atoms with E-state index >= 15 is 0 Å². The Labute approximate surface area is 198 Å². The fourth-order valence-corrected chi connectivity index (χ4v) is 3.90.